The lowest BCUT2D eigenvalue weighted by atomic mass is 10.1. The second kappa shape index (κ2) is 8.67. The van der Waals surface area contributed by atoms with Gasteiger partial charge in [-0.25, -0.2) is 0 Å². The number of amides is 1. The molecule has 21 heavy (non-hydrogen) atoms. The lowest BCUT2D eigenvalue weighted by molar-refractivity contribution is -0.121. The van der Waals surface area contributed by atoms with Crippen molar-refractivity contribution in [3.63, 3.8) is 0 Å². The van der Waals surface area contributed by atoms with E-state index in [1.54, 1.807) is 0 Å². The largest absolute Gasteiger partial charge is 0.490 e. The highest BCUT2D eigenvalue weighted by Crippen LogP contribution is 2.24. The minimum absolute atomic E-state index is 0.0329. The van der Waals surface area contributed by atoms with E-state index in [1.807, 2.05) is 24.3 Å². The number of nitrogens with one attached hydrogen (secondary N) is 1. The second-order valence-electron chi connectivity index (χ2n) is 5.60. The minimum atomic E-state index is 0.0329. The third kappa shape index (κ3) is 5.76. The van der Waals surface area contributed by atoms with Gasteiger partial charge in [0, 0.05) is 19.6 Å². The number of carbonyl (C=O) groups is 1. The molecule has 0 atom stereocenters. The fraction of sp³-hybridized carbons (Fsp3) is 0.588. The average molecular weight is 291 g/mol. The molecule has 1 aliphatic rings. The van der Waals surface area contributed by atoms with Crippen LogP contribution >= 0.6 is 0 Å². The summed E-state index contributed by atoms with van der Waals surface area (Å²) in [4.78, 5) is 11.6. The van der Waals surface area contributed by atoms with Crippen LogP contribution in [0, 0.1) is 0 Å². The van der Waals surface area contributed by atoms with Crippen LogP contribution in [0.4, 0.5) is 0 Å². The molecule has 0 aliphatic heterocycles. The van der Waals surface area contributed by atoms with Gasteiger partial charge in [0.15, 0.2) is 0 Å². The first-order chi connectivity index (χ1) is 10.3. The van der Waals surface area contributed by atoms with E-state index in [1.165, 1.54) is 12.8 Å². The van der Waals surface area contributed by atoms with Gasteiger partial charge in [0.05, 0.1) is 6.10 Å². The Hall–Kier alpha value is -1.55. The molecule has 2 N–H and O–H groups in total. The molecule has 0 unspecified atom stereocenters. The Kier molecular flexibility index (Phi) is 6.54. The summed E-state index contributed by atoms with van der Waals surface area (Å²) in [5.74, 6) is 0.950. The third-order valence-corrected chi connectivity index (χ3v) is 3.80. The molecule has 1 aromatic carbocycles. The molecule has 0 aromatic heterocycles. The summed E-state index contributed by atoms with van der Waals surface area (Å²) in [6.45, 7) is 0.654. The van der Waals surface area contributed by atoms with Crippen LogP contribution in [-0.4, -0.2) is 30.3 Å². The van der Waals surface area contributed by atoms with Crippen molar-refractivity contribution in [3.05, 3.63) is 29.8 Å². The Bertz CT molecular complexity index is 441. The van der Waals surface area contributed by atoms with Crippen LogP contribution in [0.2, 0.25) is 0 Å². The molecular formula is C17H25NO3. The van der Waals surface area contributed by atoms with Gasteiger partial charge in [-0.3, -0.25) is 4.79 Å². The molecular weight excluding hydrogens is 266 g/mol. The van der Waals surface area contributed by atoms with Gasteiger partial charge in [-0.15, -0.1) is 0 Å². The van der Waals surface area contributed by atoms with Gasteiger partial charge < -0.3 is 15.2 Å². The van der Waals surface area contributed by atoms with Crippen molar-refractivity contribution >= 4 is 5.91 Å². The van der Waals surface area contributed by atoms with Gasteiger partial charge in [0.25, 0.3) is 0 Å². The van der Waals surface area contributed by atoms with Gasteiger partial charge in [-0.05, 0) is 56.2 Å². The molecule has 1 amide bonds. The van der Waals surface area contributed by atoms with Gasteiger partial charge >= 0.3 is 0 Å². The molecule has 4 nitrogen and oxygen atoms in total. The smallest absolute Gasteiger partial charge is 0.220 e. The van der Waals surface area contributed by atoms with Crippen LogP contribution in [0.25, 0.3) is 0 Å². The summed E-state index contributed by atoms with van der Waals surface area (Å²) in [5, 5.41) is 11.5. The van der Waals surface area contributed by atoms with Crippen molar-refractivity contribution < 1.29 is 14.6 Å². The summed E-state index contributed by atoms with van der Waals surface area (Å²) < 4.78 is 5.97. The average Bonchev–Trinajstić information content (AvgIpc) is 2.99. The topological polar surface area (TPSA) is 58.6 Å². The number of benzene rings is 1. The third-order valence-electron chi connectivity index (χ3n) is 3.80. The highest BCUT2D eigenvalue weighted by atomic mass is 16.5. The fourth-order valence-corrected chi connectivity index (χ4v) is 2.63. The maximum atomic E-state index is 11.6. The predicted octanol–water partition coefficient (Wildman–Crippen LogP) is 2.44. The molecule has 1 aromatic rings. The molecule has 1 fully saturated rings. The van der Waals surface area contributed by atoms with Crippen LogP contribution in [-0.2, 0) is 11.2 Å². The summed E-state index contributed by atoms with van der Waals surface area (Å²) in [7, 11) is 0. The summed E-state index contributed by atoms with van der Waals surface area (Å²) in [6.07, 6.45) is 6.98. The molecule has 1 aliphatic carbocycles. The van der Waals surface area contributed by atoms with Crippen LogP contribution in [0.15, 0.2) is 24.3 Å². The van der Waals surface area contributed by atoms with Crippen LogP contribution in [0.1, 0.15) is 44.1 Å². The minimum Gasteiger partial charge on any atom is -0.490 e. The molecule has 0 spiro atoms. The number of ether oxygens (including phenoxy) is 1. The van der Waals surface area contributed by atoms with Crippen molar-refractivity contribution in [3.8, 4) is 5.75 Å². The Morgan fingerprint density at radius 3 is 2.90 bits per heavy atom. The Morgan fingerprint density at radius 2 is 2.14 bits per heavy atom. The molecule has 116 valence electrons. The highest BCUT2D eigenvalue weighted by molar-refractivity contribution is 5.76. The van der Waals surface area contributed by atoms with Crippen LogP contribution < -0.4 is 10.1 Å². The van der Waals surface area contributed by atoms with Gasteiger partial charge in [-0.1, -0.05) is 12.1 Å². The normalized spacial score (nSPS) is 15.1. The van der Waals surface area contributed by atoms with Crippen molar-refractivity contribution in [2.45, 2.75) is 51.0 Å². The van der Waals surface area contributed by atoms with E-state index in [-0.39, 0.29) is 12.5 Å². The molecule has 0 heterocycles. The molecule has 4 heteroatoms. The molecule has 0 saturated heterocycles. The SMILES string of the molecule is O=C(CCc1cccc(OC2CCCC2)c1)NCCCO. The first-order valence-corrected chi connectivity index (χ1v) is 7.91. The van der Waals surface area contributed by atoms with E-state index >= 15 is 0 Å². The lowest BCUT2D eigenvalue weighted by Gasteiger charge is -2.13. The van der Waals surface area contributed by atoms with Crippen molar-refractivity contribution in [2.75, 3.05) is 13.2 Å². The lowest BCUT2D eigenvalue weighted by Crippen LogP contribution is -2.25. The van der Waals surface area contributed by atoms with Gasteiger partial charge in [-0.2, -0.15) is 0 Å². The zero-order chi connectivity index (χ0) is 14.9. The first-order valence-electron chi connectivity index (χ1n) is 7.91. The Balaban J connectivity index is 1.76. The van der Waals surface area contributed by atoms with E-state index < -0.39 is 0 Å². The number of hydrogen-bond donors (Lipinski definition) is 2. The van der Waals surface area contributed by atoms with Crippen molar-refractivity contribution in [1.82, 2.24) is 5.32 Å². The molecule has 0 radical (unpaired) electrons. The zero-order valence-electron chi connectivity index (χ0n) is 12.5. The monoisotopic (exact) mass is 291 g/mol. The summed E-state index contributed by atoms with van der Waals surface area (Å²) >= 11 is 0. The number of aryl methyl sites for hydroxylation is 1. The number of hydrogen-bond acceptors (Lipinski definition) is 3. The van der Waals surface area contributed by atoms with Gasteiger partial charge in [0.2, 0.25) is 5.91 Å². The van der Waals surface area contributed by atoms with E-state index in [4.69, 9.17) is 9.84 Å². The molecule has 2 rings (SSSR count). The summed E-state index contributed by atoms with van der Waals surface area (Å²) in [5.41, 5.74) is 1.13. The number of carbonyl (C=O) groups excluding carboxylic acids is 1. The Labute approximate surface area is 126 Å². The van der Waals surface area contributed by atoms with Crippen molar-refractivity contribution in [1.29, 1.82) is 0 Å². The number of aliphatic hydroxyl groups excluding tert-OH is 1. The van der Waals surface area contributed by atoms with E-state index in [0.717, 1.165) is 24.2 Å². The van der Waals surface area contributed by atoms with E-state index in [2.05, 4.69) is 5.32 Å². The number of aliphatic hydroxyl groups is 1. The fourth-order valence-electron chi connectivity index (χ4n) is 2.63. The predicted molar refractivity (Wildman–Crippen MR) is 82.4 cm³/mol. The van der Waals surface area contributed by atoms with E-state index in [0.29, 0.717) is 31.9 Å². The first kappa shape index (κ1) is 15.8. The molecule has 0 bridgehead atoms. The van der Waals surface area contributed by atoms with Crippen LogP contribution in [0.3, 0.4) is 0 Å². The van der Waals surface area contributed by atoms with Crippen molar-refractivity contribution in [2.24, 2.45) is 0 Å². The summed E-state index contributed by atoms with van der Waals surface area (Å²) in [6, 6.07) is 8.05. The van der Waals surface area contributed by atoms with E-state index in [9.17, 15) is 4.79 Å². The maximum Gasteiger partial charge on any atom is 0.220 e. The highest BCUT2D eigenvalue weighted by Gasteiger charge is 2.16. The van der Waals surface area contributed by atoms with Gasteiger partial charge in [0.1, 0.15) is 5.75 Å². The Morgan fingerprint density at radius 1 is 1.33 bits per heavy atom. The number of rotatable bonds is 8. The standard InChI is InChI=1S/C17H25NO3/c19-12-4-11-18-17(20)10-9-14-5-3-8-16(13-14)21-15-6-1-2-7-15/h3,5,8,13,15,19H,1-2,4,6-7,9-12H2,(H,18,20). The quantitative estimate of drug-likeness (QED) is 0.723. The van der Waals surface area contributed by atoms with Crippen LogP contribution in [0.5, 0.6) is 5.75 Å². The molecule has 1 saturated carbocycles. The maximum absolute atomic E-state index is 11.6. The zero-order valence-corrected chi connectivity index (χ0v) is 12.5. The second-order valence-corrected chi connectivity index (χ2v) is 5.60.